The SMILES string of the molecule is CC/C=C\C/C=C\C/C=C\CCCCCC(=O)OC(COC(=O)CCCCCCCCCCCCCCCCCCCCC/C=C\CCCCCCCCCC)COP(=O)(O)OCCN. The summed E-state index contributed by atoms with van der Waals surface area (Å²) in [5, 5.41) is 0. The molecule has 380 valence electrons. The Kier molecular flexibility index (Phi) is 49.8. The molecule has 3 N–H and O–H groups in total. The van der Waals surface area contributed by atoms with Gasteiger partial charge in [-0.25, -0.2) is 4.57 Å². The van der Waals surface area contributed by atoms with Gasteiger partial charge in [-0.2, -0.15) is 0 Å². The van der Waals surface area contributed by atoms with Gasteiger partial charge in [-0.15, -0.1) is 0 Å². The standard InChI is InChI=1S/C55H102NO8P/c1-3-5-7-9-11-13-15-17-18-19-20-21-22-23-24-25-26-27-28-29-30-31-32-33-34-36-37-39-41-43-45-47-54(57)61-51-53(52-63-65(59,60)62-50-49-56)64-55(58)48-46-44-42-40-38-35-16-14-12-10-8-6-4-2/h6,8,12,14,19-20,35,38,53H,3-5,7,9-11,13,15-18,21-34,36-37,39-52,56H2,1-2H3,(H,59,60)/b8-6-,14-12-,20-19-,38-35-. The fraction of sp³-hybridized carbons (Fsp3) is 0.818. The van der Waals surface area contributed by atoms with Gasteiger partial charge in [0.05, 0.1) is 13.2 Å². The number of hydrogen-bond acceptors (Lipinski definition) is 8. The first-order valence-corrected chi connectivity index (χ1v) is 28.6. The molecule has 0 spiro atoms. The summed E-state index contributed by atoms with van der Waals surface area (Å²) in [6, 6.07) is 0. The van der Waals surface area contributed by atoms with Crippen LogP contribution < -0.4 is 5.73 Å². The largest absolute Gasteiger partial charge is 0.472 e. The first kappa shape index (κ1) is 63.0. The van der Waals surface area contributed by atoms with Crippen LogP contribution in [0.5, 0.6) is 0 Å². The molecular weight excluding hydrogens is 834 g/mol. The summed E-state index contributed by atoms with van der Waals surface area (Å²) in [6.07, 6.45) is 61.9. The maximum absolute atomic E-state index is 12.6. The van der Waals surface area contributed by atoms with Gasteiger partial charge in [0.1, 0.15) is 6.61 Å². The average molecular weight is 936 g/mol. The van der Waals surface area contributed by atoms with Crippen LogP contribution in [0.25, 0.3) is 0 Å². The Morgan fingerprint density at radius 1 is 0.477 bits per heavy atom. The third-order valence-corrected chi connectivity index (χ3v) is 12.7. The summed E-state index contributed by atoms with van der Waals surface area (Å²) in [4.78, 5) is 35.0. The highest BCUT2D eigenvalue weighted by molar-refractivity contribution is 7.47. The highest BCUT2D eigenvalue weighted by atomic mass is 31.2. The molecule has 0 saturated heterocycles. The van der Waals surface area contributed by atoms with E-state index in [1.165, 1.54) is 167 Å². The van der Waals surface area contributed by atoms with Gasteiger partial charge in [0.2, 0.25) is 0 Å². The van der Waals surface area contributed by atoms with Crippen LogP contribution in [0.15, 0.2) is 48.6 Å². The van der Waals surface area contributed by atoms with E-state index in [1.54, 1.807) is 0 Å². The third-order valence-electron chi connectivity index (χ3n) is 11.7. The fourth-order valence-corrected chi connectivity index (χ4v) is 8.47. The van der Waals surface area contributed by atoms with E-state index in [4.69, 9.17) is 24.3 Å². The smallest absolute Gasteiger partial charge is 0.462 e. The molecule has 0 rings (SSSR count). The summed E-state index contributed by atoms with van der Waals surface area (Å²) < 4.78 is 32.9. The van der Waals surface area contributed by atoms with Crippen LogP contribution in [0.4, 0.5) is 0 Å². The van der Waals surface area contributed by atoms with Gasteiger partial charge in [-0.05, 0) is 70.6 Å². The normalized spacial score (nSPS) is 13.5. The zero-order valence-corrected chi connectivity index (χ0v) is 43.1. The Morgan fingerprint density at radius 3 is 1.29 bits per heavy atom. The number of phosphoric acid groups is 1. The second-order valence-electron chi connectivity index (χ2n) is 18.1. The average Bonchev–Trinajstić information content (AvgIpc) is 3.30. The van der Waals surface area contributed by atoms with Crippen LogP contribution in [-0.4, -0.2) is 49.3 Å². The number of phosphoric ester groups is 1. The van der Waals surface area contributed by atoms with Gasteiger partial charge in [0.25, 0.3) is 0 Å². The first-order chi connectivity index (χ1) is 31.8. The van der Waals surface area contributed by atoms with Crippen molar-refractivity contribution >= 4 is 19.8 Å². The lowest BCUT2D eigenvalue weighted by atomic mass is 10.0. The Hall–Kier alpha value is -2.03. The maximum atomic E-state index is 12.6. The number of nitrogens with two attached hydrogens (primary N) is 1. The molecule has 0 radical (unpaired) electrons. The van der Waals surface area contributed by atoms with E-state index < -0.39 is 26.5 Å². The van der Waals surface area contributed by atoms with Gasteiger partial charge < -0.3 is 20.1 Å². The number of carbonyl (C=O) groups is 2. The van der Waals surface area contributed by atoms with Gasteiger partial charge in [-0.3, -0.25) is 18.6 Å². The molecule has 0 heterocycles. The maximum Gasteiger partial charge on any atom is 0.472 e. The molecule has 0 bridgehead atoms. The summed E-state index contributed by atoms with van der Waals surface area (Å²) in [7, 11) is -4.39. The van der Waals surface area contributed by atoms with Crippen LogP contribution in [0, 0.1) is 0 Å². The Bertz CT molecular complexity index is 1200. The van der Waals surface area contributed by atoms with Crippen molar-refractivity contribution in [3.8, 4) is 0 Å². The van der Waals surface area contributed by atoms with Gasteiger partial charge in [0.15, 0.2) is 6.10 Å². The first-order valence-electron chi connectivity index (χ1n) is 27.1. The van der Waals surface area contributed by atoms with Crippen molar-refractivity contribution in [1.82, 2.24) is 0 Å². The van der Waals surface area contributed by atoms with Crippen molar-refractivity contribution in [2.45, 2.75) is 264 Å². The molecule has 2 unspecified atom stereocenters. The van der Waals surface area contributed by atoms with Crippen molar-refractivity contribution in [2.24, 2.45) is 5.73 Å². The Morgan fingerprint density at radius 2 is 0.846 bits per heavy atom. The van der Waals surface area contributed by atoms with Crippen molar-refractivity contribution in [1.29, 1.82) is 0 Å². The zero-order chi connectivity index (χ0) is 47.4. The molecule has 0 aromatic carbocycles. The minimum atomic E-state index is -4.39. The van der Waals surface area contributed by atoms with Crippen molar-refractivity contribution in [2.75, 3.05) is 26.4 Å². The molecule has 0 fully saturated rings. The minimum Gasteiger partial charge on any atom is -0.462 e. The monoisotopic (exact) mass is 936 g/mol. The molecule has 9 nitrogen and oxygen atoms in total. The highest BCUT2D eigenvalue weighted by Crippen LogP contribution is 2.43. The number of allylic oxidation sites excluding steroid dienone is 8. The Labute approximate surface area is 400 Å². The van der Waals surface area contributed by atoms with Crippen LogP contribution in [0.2, 0.25) is 0 Å². The number of unbranched alkanes of at least 4 members (excludes halogenated alkanes) is 30. The molecule has 0 aromatic rings. The van der Waals surface area contributed by atoms with E-state index in [2.05, 4.69) is 62.5 Å². The lowest BCUT2D eigenvalue weighted by Crippen LogP contribution is -2.29. The van der Waals surface area contributed by atoms with E-state index in [9.17, 15) is 19.0 Å². The highest BCUT2D eigenvalue weighted by Gasteiger charge is 2.26. The van der Waals surface area contributed by atoms with E-state index in [0.717, 1.165) is 57.8 Å². The van der Waals surface area contributed by atoms with E-state index in [-0.39, 0.29) is 38.6 Å². The number of rotatable bonds is 51. The van der Waals surface area contributed by atoms with E-state index >= 15 is 0 Å². The minimum absolute atomic E-state index is 0.0481. The fourth-order valence-electron chi connectivity index (χ4n) is 7.71. The third kappa shape index (κ3) is 51.2. The van der Waals surface area contributed by atoms with Gasteiger partial charge in [0, 0.05) is 19.4 Å². The van der Waals surface area contributed by atoms with Crippen LogP contribution >= 0.6 is 7.82 Å². The summed E-state index contributed by atoms with van der Waals surface area (Å²) in [5.74, 6) is -0.856. The molecule has 10 heteroatoms. The van der Waals surface area contributed by atoms with Crippen LogP contribution in [0.1, 0.15) is 258 Å². The second-order valence-corrected chi connectivity index (χ2v) is 19.5. The van der Waals surface area contributed by atoms with Gasteiger partial charge in [-0.1, -0.05) is 223 Å². The molecule has 0 amide bonds. The predicted molar refractivity (Wildman–Crippen MR) is 275 cm³/mol. The number of carbonyl (C=O) groups excluding carboxylic acids is 2. The molecule has 0 aromatic heterocycles. The second kappa shape index (κ2) is 51.4. The molecular formula is C55H102NO8P. The van der Waals surface area contributed by atoms with Gasteiger partial charge >= 0.3 is 19.8 Å². The quantitative estimate of drug-likeness (QED) is 0.0265. The lowest BCUT2D eigenvalue weighted by molar-refractivity contribution is -0.161. The van der Waals surface area contributed by atoms with E-state index in [0.29, 0.717) is 6.42 Å². The van der Waals surface area contributed by atoms with E-state index in [1.807, 2.05) is 0 Å². The Balaban J connectivity index is 3.86. The molecule has 65 heavy (non-hydrogen) atoms. The number of ether oxygens (including phenoxy) is 2. The molecule has 0 saturated carbocycles. The molecule has 2 atom stereocenters. The molecule has 0 aliphatic rings. The van der Waals surface area contributed by atoms with Crippen molar-refractivity contribution in [3.05, 3.63) is 48.6 Å². The zero-order valence-electron chi connectivity index (χ0n) is 42.2. The van der Waals surface area contributed by atoms with Crippen LogP contribution in [0.3, 0.4) is 0 Å². The van der Waals surface area contributed by atoms with Crippen molar-refractivity contribution < 1.29 is 37.6 Å². The summed E-state index contributed by atoms with van der Waals surface area (Å²) >= 11 is 0. The summed E-state index contributed by atoms with van der Waals surface area (Å²) in [6.45, 7) is 3.61. The van der Waals surface area contributed by atoms with Crippen molar-refractivity contribution in [3.63, 3.8) is 0 Å². The summed E-state index contributed by atoms with van der Waals surface area (Å²) in [5.41, 5.74) is 5.36. The topological polar surface area (TPSA) is 134 Å². The lowest BCUT2D eigenvalue weighted by Gasteiger charge is -2.19. The molecule has 0 aliphatic carbocycles. The molecule has 0 aliphatic heterocycles. The predicted octanol–water partition coefficient (Wildman–Crippen LogP) is 16.6. The number of esters is 2. The number of hydrogen-bond donors (Lipinski definition) is 2. The van der Waals surface area contributed by atoms with Crippen LogP contribution in [-0.2, 0) is 32.7 Å².